The minimum Gasteiger partial charge on any atom is -0.497 e. The molecule has 0 radical (unpaired) electrons. The predicted octanol–water partition coefficient (Wildman–Crippen LogP) is 4.23. The van der Waals surface area contributed by atoms with Gasteiger partial charge in [-0.25, -0.2) is 4.98 Å². The number of amides is 1. The molecule has 0 saturated heterocycles. The number of benzene rings is 1. The maximum absolute atomic E-state index is 12.1. The molecule has 0 atom stereocenters. The highest BCUT2D eigenvalue weighted by Crippen LogP contribution is 2.27. The number of nitrogens with zero attached hydrogens (tertiary/aromatic N) is 3. The van der Waals surface area contributed by atoms with Gasteiger partial charge in [0.25, 0.3) is 5.22 Å². The number of carbonyl (C=O) groups is 1. The standard InChI is InChI=1S/C18H20N4O3S2/c1-18(2,3)13-9-26-16(19-13)20-14(23)10-27-17-22-21-15(25-17)11-5-7-12(24-4)8-6-11/h5-9H,10H2,1-4H3,(H,19,20,23). The van der Waals surface area contributed by atoms with Crippen molar-refractivity contribution >= 4 is 34.1 Å². The first-order valence-corrected chi connectivity index (χ1v) is 10.1. The molecule has 7 nitrogen and oxygen atoms in total. The summed E-state index contributed by atoms with van der Waals surface area (Å²) in [7, 11) is 1.61. The number of rotatable bonds is 6. The predicted molar refractivity (Wildman–Crippen MR) is 106 cm³/mol. The Kier molecular flexibility index (Phi) is 5.81. The number of nitrogens with one attached hydrogen (secondary N) is 1. The van der Waals surface area contributed by atoms with E-state index >= 15 is 0 Å². The third-order valence-electron chi connectivity index (χ3n) is 3.59. The van der Waals surface area contributed by atoms with E-state index in [0.717, 1.165) is 17.0 Å². The highest BCUT2D eigenvalue weighted by molar-refractivity contribution is 7.99. The first kappa shape index (κ1) is 19.4. The Labute approximate surface area is 165 Å². The van der Waals surface area contributed by atoms with Crippen molar-refractivity contribution in [1.82, 2.24) is 15.2 Å². The number of aromatic nitrogens is 3. The second-order valence-corrected chi connectivity index (χ2v) is 8.51. The van der Waals surface area contributed by atoms with E-state index in [0.29, 0.717) is 16.2 Å². The van der Waals surface area contributed by atoms with Crippen LogP contribution in [0.15, 0.2) is 39.3 Å². The topological polar surface area (TPSA) is 90.1 Å². The van der Waals surface area contributed by atoms with Crippen LogP contribution in [-0.4, -0.2) is 34.0 Å². The quantitative estimate of drug-likeness (QED) is 0.615. The molecular formula is C18H20N4O3S2. The average Bonchev–Trinajstić information content (AvgIpc) is 3.29. The minimum atomic E-state index is -0.168. The van der Waals surface area contributed by atoms with Gasteiger partial charge in [-0.2, -0.15) is 0 Å². The summed E-state index contributed by atoms with van der Waals surface area (Å²) in [6.07, 6.45) is 0. The summed E-state index contributed by atoms with van der Waals surface area (Å²) in [5.41, 5.74) is 1.70. The second kappa shape index (κ2) is 8.10. The molecule has 0 unspecified atom stereocenters. The van der Waals surface area contributed by atoms with Crippen LogP contribution < -0.4 is 10.1 Å². The van der Waals surface area contributed by atoms with E-state index in [1.807, 2.05) is 29.6 Å². The zero-order chi connectivity index (χ0) is 19.4. The number of carbonyl (C=O) groups excluding carboxylic acids is 1. The summed E-state index contributed by atoms with van der Waals surface area (Å²) in [4.78, 5) is 16.6. The van der Waals surface area contributed by atoms with Gasteiger partial charge in [-0.1, -0.05) is 32.5 Å². The second-order valence-electron chi connectivity index (χ2n) is 6.73. The molecule has 27 heavy (non-hydrogen) atoms. The molecule has 2 aromatic heterocycles. The number of methoxy groups -OCH3 is 1. The number of hydrogen-bond donors (Lipinski definition) is 1. The molecule has 3 rings (SSSR count). The lowest BCUT2D eigenvalue weighted by molar-refractivity contribution is -0.113. The van der Waals surface area contributed by atoms with Crippen molar-refractivity contribution in [2.24, 2.45) is 0 Å². The van der Waals surface area contributed by atoms with Crippen LogP contribution in [0.3, 0.4) is 0 Å². The molecule has 9 heteroatoms. The van der Waals surface area contributed by atoms with E-state index in [-0.39, 0.29) is 17.1 Å². The summed E-state index contributed by atoms with van der Waals surface area (Å²) in [5, 5.41) is 13.7. The van der Waals surface area contributed by atoms with Gasteiger partial charge in [0.15, 0.2) is 5.13 Å². The molecule has 1 amide bonds. The van der Waals surface area contributed by atoms with Gasteiger partial charge in [-0.3, -0.25) is 4.79 Å². The molecule has 142 valence electrons. The summed E-state index contributed by atoms with van der Waals surface area (Å²) in [6, 6.07) is 7.31. The van der Waals surface area contributed by atoms with E-state index in [1.165, 1.54) is 23.1 Å². The molecule has 0 aliphatic carbocycles. The molecule has 3 aromatic rings. The maximum Gasteiger partial charge on any atom is 0.277 e. The largest absolute Gasteiger partial charge is 0.497 e. The van der Waals surface area contributed by atoms with Crippen LogP contribution in [0.4, 0.5) is 5.13 Å². The van der Waals surface area contributed by atoms with Crippen molar-refractivity contribution in [3.8, 4) is 17.2 Å². The third-order valence-corrected chi connectivity index (χ3v) is 5.17. The van der Waals surface area contributed by atoms with E-state index in [4.69, 9.17) is 9.15 Å². The summed E-state index contributed by atoms with van der Waals surface area (Å²) < 4.78 is 10.7. The number of thiazole rings is 1. The molecule has 2 heterocycles. The molecule has 1 N–H and O–H groups in total. The number of ether oxygens (including phenoxy) is 1. The van der Waals surface area contributed by atoms with Crippen LogP contribution >= 0.6 is 23.1 Å². The zero-order valence-electron chi connectivity index (χ0n) is 15.5. The van der Waals surface area contributed by atoms with Gasteiger partial charge in [0, 0.05) is 16.4 Å². The third kappa shape index (κ3) is 5.08. The van der Waals surface area contributed by atoms with Crippen molar-refractivity contribution in [2.45, 2.75) is 31.4 Å². The normalized spacial score (nSPS) is 11.4. The Hall–Kier alpha value is -2.39. The fraction of sp³-hybridized carbons (Fsp3) is 0.333. The molecule has 0 saturated carbocycles. The Balaban J connectivity index is 1.54. The smallest absolute Gasteiger partial charge is 0.277 e. The van der Waals surface area contributed by atoms with Crippen molar-refractivity contribution in [3.05, 3.63) is 35.3 Å². The van der Waals surface area contributed by atoms with Crippen molar-refractivity contribution in [1.29, 1.82) is 0 Å². The van der Waals surface area contributed by atoms with Crippen molar-refractivity contribution in [3.63, 3.8) is 0 Å². The first-order valence-electron chi connectivity index (χ1n) is 8.22. The first-order chi connectivity index (χ1) is 12.8. The Morgan fingerprint density at radius 2 is 2.00 bits per heavy atom. The average molecular weight is 405 g/mol. The van der Waals surface area contributed by atoms with Crippen LogP contribution in [0, 0.1) is 0 Å². The van der Waals surface area contributed by atoms with Crippen molar-refractivity contribution < 1.29 is 13.9 Å². The van der Waals surface area contributed by atoms with Crippen LogP contribution in [0.1, 0.15) is 26.5 Å². The highest BCUT2D eigenvalue weighted by atomic mass is 32.2. The van der Waals surface area contributed by atoms with Crippen molar-refractivity contribution in [2.75, 3.05) is 18.2 Å². The molecule has 0 aliphatic rings. The Morgan fingerprint density at radius 1 is 1.26 bits per heavy atom. The van der Waals surface area contributed by atoms with Crippen LogP contribution in [0.5, 0.6) is 5.75 Å². The summed E-state index contributed by atoms with van der Waals surface area (Å²) >= 11 is 2.60. The van der Waals surface area contributed by atoms with Gasteiger partial charge in [-0.05, 0) is 24.3 Å². The fourth-order valence-corrected chi connectivity index (χ4v) is 3.59. The fourth-order valence-electron chi connectivity index (χ4n) is 2.08. The van der Waals surface area contributed by atoms with Gasteiger partial charge in [0.1, 0.15) is 5.75 Å². The van der Waals surface area contributed by atoms with Gasteiger partial charge in [0.2, 0.25) is 11.8 Å². The van der Waals surface area contributed by atoms with E-state index in [2.05, 4.69) is 41.3 Å². The van der Waals surface area contributed by atoms with Crippen LogP contribution in [0.25, 0.3) is 11.5 Å². The number of thioether (sulfide) groups is 1. The summed E-state index contributed by atoms with van der Waals surface area (Å²) in [6.45, 7) is 6.25. The lowest BCUT2D eigenvalue weighted by atomic mass is 9.93. The Morgan fingerprint density at radius 3 is 2.63 bits per heavy atom. The lowest BCUT2D eigenvalue weighted by Crippen LogP contribution is -2.15. The molecule has 0 bridgehead atoms. The van der Waals surface area contributed by atoms with Gasteiger partial charge in [-0.15, -0.1) is 21.5 Å². The monoisotopic (exact) mass is 404 g/mol. The highest BCUT2D eigenvalue weighted by Gasteiger charge is 2.18. The van der Waals surface area contributed by atoms with E-state index in [9.17, 15) is 4.79 Å². The van der Waals surface area contributed by atoms with Gasteiger partial charge < -0.3 is 14.5 Å². The van der Waals surface area contributed by atoms with E-state index in [1.54, 1.807) is 7.11 Å². The maximum atomic E-state index is 12.1. The van der Waals surface area contributed by atoms with Crippen LogP contribution in [-0.2, 0) is 10.2 Å². The molecule has 0 spiro atoms. The van der Waals surface area contributed by atoms with Gasteiger partial charge >= 0.3 is 0 Å². The summed E-state index contributed by atoms with van der Waals surface area (Å²) in [5.74, 6) is 1.14. The number of anilines is 1. The van der Waals surface area contributed by atoms with Gasteiger partial charge in [0.05, 0.1) is 18.6 Å². The molecule has 1 aromatic carbocycles. The van der Waals surface area contributed by atoms with Crippen LogP contribution in [0.2, 0.25) is 0 Å². The molecular weight excluding hydrogens is 384 g/mol. The molecule has 0 fully saturated rings. The number of hydrogen-bond acceptors (Lipinski definition) is 8. The molecule has 0 aliphatic heterocycles. The van der Waals surface area contributed by atoms with E-state index < -0.39 is 0 Å². The lowest BCUT2D eigenvalue weighted by Gasteiger charge is -2.14. The SMILES string of the molecule is COc1ccc(-c2nnc(SCC(=O)Nc3nc(C(C)(C)C)cs3)o2)cc1. The minimum absolute atomic E-state index is 0.0458. The zero-order valence-corrected chi connectivity index (χ0v) is 17.1. The Bertz CT molecular complexity index is 913.